The highest BCUT2D eigenvalue weighted by Crippen LogP contribution is 2.30. The van der Waals surface area contributed by atoms with Crippen molar-refractivity contribution in [2.45, 2.75) is 18.7 Å². The number of rotatable bonds is 6. The van der Waals surface area contributed by atoms with E-state index in [0.717, 1.165) is 18.0 Å². The maximum Gasteiger partial charge on any atom is 0.416 e. The molecule has 0 spiro atoms. The molecule has 2 aliphatic heterocycles. The minimum absolute atomic E-state index is 0.00171. The summed E-state index contributed by atoms with van der Waals surface area (Å²) in [6.45, 7) is 1.81. The highest BCUT2D eigenvalue weighted by atomic mass is 19.4. The van der Waals surface area contributed by atoms with Crippen molar-refractivity contribution in [1.29, 1.82) is 0 Å². The summed E-state index contributed by atoms with van der Waals surface area (Å²) in [6, 6.07) is 15.1. The molecule has 1 unspecified atom stereocenters. The normalized spacial score (nSPS) is 17.9. The number of hydrogen-bond acceptors (Lipinski definition) is 6. The molecule has 1 aromatic heterocycles. The number of likely N-dealkylation sites (tertiary alicyclic amines) is 1. The number of nitrogens with zero attached hydrogens (tertiary/aromatic N) is 4. The molecule has 2 aromatic carbocycles. The molecule has 8 nitrogen and oxygen atoms in total. The molecule has 0 aliphatic carbocycles. The number of aromatic nitrogens is 2. The number of benzene rings is 2. The van der Waals surface area contributed by atoms with Crippen LogP contribution in [0, 0.1) is 5.92 Å². The largest absolute Gasteiger partial charge is 0.489 e. The molecule has 2 aliphatic rings. The van der Waals surface area contributed by atoms with Crippen molar-refractivity contribution in [2.75, 3.05) is 36.4 Å². The lowest BCUT2D eigenvalue weighted by Crippen LogP contribution is -2.52. The average Bonchev–Trinajstić information content (AvgIpc) is 3.32. The Morgan fingerprint density at radius 3 is 2.49 bits per heavy atom. The maximum atomic E-state index is 13.0. The first-order valence-corrected chi connectivity index (χ1v) is 11.8. The van der Waals surface area contributed by atoms with Crippen molar-refractivity contribution in [2.24, 2.45) is 5.92 Å². The molecule has 0 saturated carbocycles. The number of carbonyl (C=O) groups excluding carboxylic acids is 2. The first-order chi connectivity index (χ1) is 17.8. The van der Waals surface area contributed by atoms with Gasteiger partial charge in [0.25, 0.3) is 5.91 Å². The standard InChI is InChI=1S/C26H24F3N5O3/c27-26(28,29)19-4-1-3-17(13-19)25(36)33-12-10-22(16-33)37-21-8-6-20(7-9-21)31-24(35)18-14-34(15-18)23-5-2-11-30-32-23/h1-9,11,13,18,22H,10,12,14-16H2,(H,31,35). The summed E-state index contributed by atoms with van der Waals surface area (Å²) in [5, 5.41) is 10.8. The van der Waals surface area contributed by atoms with Gasteiger partial charge in [0.05, 0.1) is 18.0 Å². The van der Waals surface area contributed by atoms with E-state index in [9.17, 15) is 22.8 Å². The monoisotopic (exact) mass is 511 g/mol. The van der Waals surface area contributed by atoms with Crippen LogP contribution in [0.2, 0.25) is 0 Å². The predicted molar refractivity (Wildman–Crippen MR) is 129 cm³/mol. The zero-order chi connectivity index (χ0) is 26.0. The third-order valence-corrected chi connectivity index (χ3v) is 6.43. The van der Waals surface area contributed by atoms with Gasteiger partial charge in [-0.1, -0.05) is 6.07 Å². The summed E-state index contributed by atoms with van der Waals surface area (Å²) in [5.74, 6) is 0.651. The van der Waals surface area contributed by atoms with Gasteiger partial charge in [-0.05, 0) is 54.6 Å². The van der Waals surface area contributed by atoms with E-state index in [0.29, 0.717) is 37.5 Å². The van der Waals surface area contributed by atoms with E-state index in [1.807, 2.05) is 11.0 Å². The van der Waals surface area contributed by atoms with Crippen LogP contribution < -0.4 is 15.0 Å². The van der Waals surface area contributed by atoms with E-state index >= 15 is 0 Å². The quantitative estimate of drug-likeness (QED) is 0.541. The fourth-order valence-electron chi connectivity index (χ4n) is 4.37. The summed E-state index contributed by atoms with van der Waals surface area (Å²) in [6.07, 6.45) is -2.62. The minimum atomic E-state index is -4.51. The van der Waals surface area contributed by atoms with Gasteiger partial charge in [0.1, 0.15) is 11.9 Å². The van der Waals surface area contributed by atoms with Gasteiger partial charge in [-0.25, -0.2) is 0 Å². The second-order valence-corrected chi connectivity index (χ2v) is 9.06. The summed E-state index contributed by atoms with van der Waals surface area (Å²) in [4.78, 5) is 28.7. The fraction of sp³-hybridized carbons (Fsp3) is 0.308. The van der Waals surface area contributed by atoms with Crippen molar-refractivity contribution in [3.8, 4) is 5.75 Å². The number of ether oxygens (including phenoxy) is 1. The summed E-state index contributed by atoms with van der Waals surface area (Å²) in [5.41, 5.74) is -0.206. The van der Waals surface area contributed by atoms with Crippen LogP contribution in [0.3, 0.4) is 0 Å². The molecule has 3 aromatic rings. The van der Waals surface area contributed by atoms with Gasteiger partial charge in [-0.3, -0.25) is 9.59 Å². The number of carbonyl (C=O) groups is 2. The van der Waals surface area contributed by atoms with Crippen LogP contribution in [0.4, 0.5) is 24.7 Å². The third kappa shape index (κ3) is 5.65. The lowest BCUT2D eigenvalue weighted by atomic mass is 9.99. The molecule has 37 heavy (non-hydrogen) atoms. The molecule has 1 N–H and O–H groups in total. The first-order valence-electron chi connectivity index (χ1n) is 11.8. The van der Waals surface area contributed by atoms with Crippen molar-refractivity contribution < 1.29 is 27.5 Å². The van der Waals surface area contributed by atoms with Gasteiger partial charge in [0.15, 0.2) is 5.82 Å². The molecule has 5 rings (SSSR count). The lowest BCUT2D eigenvalue weighted by Gasteiger charge is -2.38. The van der Waals surface area contributed by atoms with E-state index in [4.69, 9.17) is 4.74 Å². The number of amides is 2. The average molecular weight is 512 g/mol. The van der Waals surface area contributed by atoms with Gasteiger partial charge >= 0.3 is 6.18 Å². The van der Waals surface area contributed by atoms with E-state index in [-0.39, 0.29) is 30.0 Å². The van der Waals surface area contributed by atoms with Crippen LogP contribution in [0.15, 0.2) is 66.9 Å². The molecule has 0 radical (unpaired) electrons. The molecule has 11 heteroatoms. The number of halogens is 3. The third-order valence-electron chi connectivity index (χ3n) is 6.43. The van der Waals surface area contributed by atoms with Crippen LogP contribution in [0.25, 0.3) is 0 Å². The Hall–Kier alpha value is -4.15. The zero-order valence-corrected chi connectivity index (χ0v) is 19.7. The molecule has 0 bridgehead atoms. The van der Waals surface area contributed by atoms with Gasteiger partial charge in [0.2, 0.25) is 5.91 Å². The van der Waals surface area contributed by atoms with Crippen molar-refractivity contribution in [3.63, 3.8) is 0 Å². The molecule has 2 amide bonds. The van der Waals surface area contributed by atoms with E-state index in [1.165, 1.54) is 17.0 Å². The van der Waals surface area contributed by atoms with Crippen LogP contribution >= 0.6 is 0 Å². The number of alkyl halides is 3. The molecule has 2 saturated heterocycles. The fourth-order valence-corrected chi connectivity index (χ4v) is 4.37. The van der Waals surface area contributed by atoms with Gasteiger partial charge < -0.3 is 19.9 Å². The Bertz CT molecular complexity index is 1260. The van der Waals surface area contributed by atoms with Crippen LogP contribution in [-0.2, 0) is 11.0 Å². The second-order valence-electron chi connectivity index (χ2n) is 9.06. The molecular weight excluding hydrogens is 487 g/mol. The highest BCUT2D eigenvalue weighted by molar-refractivity contribution is 5.95. The van der Waals surface area contributed by atoms with E-state index < -0.39 is 17.6 Å². The van der Waals surface area contributed by atoms with E-state index in [1.54, 1.807) is 36.5 Å². The van der Waals surface area contributed by atoms with Crippen molar-refractivity contribution in [1.82, 2.24) is 15.1 Å². The molecular formula is C26H24F3N5O3. The summed E-state index contributed by atoms with van der Waals surface area (Å²) in [7, 11) is 0. The van der Waals surface area contributed by atoms with Crippen LogP contribution in [-0.4, -0.2) is 59.2 Å². The predicted octanol–water partition coefficient (Wildman–Crippen LogP) is 3.86. The smallest absolute Gasteiger partial charge is 0.416 e. The molecule has 192 valence electrons. The number of anilines is 2. The van der Waals surface area contributed by atoms with Gasteiger partial charge in [-0.2, -0.15) is 18.3 Å². The second kappa shape index (κ2) is 10.1. The van der Waals surface area contributed by atoms with Crippen molar-refractivity contribution in [3.05, 3.63) is 78.0 Å². The molecule has 3 heterocycles. The zero-order valence-electron chi connectivity index (χ0n) is 19.7. The van der Waals surface area contributed by atoms with Crippen LogP contribution in [0.5, 0.6) is 5.75 Å². The Kier molecular flexibility index (Phi) is 6.68. The van der Waals surface area contributed by atoms with E-state index in [2.05, 4.69) is 15.5 Å². The summed E-state index contributed by atoms with van der Waals surface area (Å²) >= 11 is 0. The van der Waals surface area contributed by atoms with Gasteiger partial charge in [0, 0.05) is 43.5 Å². The molecule has 1 atom stereocenters. The minimum Gasteiger partial charge on any atom is -0.489 e. The maximum absolute atomic E-state index is 13.0. The lowest BCUT2D eigenvalue weighted by molar-refractivity contribution is -0.137. The Morgan fingerprint density at radius 1 is 1.00 bits per heavy atom. The number of nitrogens with one attached hydrogen (secondary N) is 1. The Morgan fingerprint density at radius 2 is 1.78 bits per heavy atom. The molecule has 2 fully saturated rings. The SMILES string of the molecule is O=C(Nc1ccc(OC2CCN(C(=O)c3cccc(C(F)(F)F)c3)C2)cc1)C1CN(c2cccnn2)C1. The van der Waals surface area contributed by atoms with Gasteiger partial charge in [-0.15, -0.1) is 5.10 Å². The number of hydrogen-bond donors (Lipinski definition) is 1. The summed E-state index contributed by atoms with van der Waals surface area (Å²) < 4.78 is 44.9. The Labute approximate surface area is 211 Å². The highest BCUT2D eigenvalue weighted by Gasteiger charge is 2.34. The first kappa shape index (κ1) is 24.5. The van der Waals surface area contributed by atoms with Crippen LogP contribution in [0.1, 0.15) is 22.3 Å². The van der Waals surface area contributed by atoms with Crippen molar-refractivity contribution >= 4 is 23.3 Å². The topological polar surface area (TPSA) is 87.7 Å². The Balaban J connectivity index is 1.10.